The van der Waals surface area contributed by atoms with E-state index in [0.29, 0.717) is 11.1 Å². The molecule has 4 heteroatoms. The molecule has 0 radical (unpaired) electrons. The molecular weight excluding hydrogens is 526 g/mol. The van der Waals surface area contributed by atoms with E-state index in [1.807, 2.05) is 42.5 Å². The highest BCUT2D eigenvalue weighted by Crippen LogP contribution is 2.35. The van der Waals surface area contributed by atoms with Crippen LogP contribution in [0.4, 0.5) is 0 Å². The lowest BCUT2D eigenvalue weighted by Gasteiger charge is -2.08. The molecule has 202 valence electrons. The van der Waals surface area contributed by atoms with Crippen LogP contribution in [0.25, 0.3) is 78.4 Å². The summed E-state index contributed by atoms with van der Waals surface area (Å²) in [4.78, 5) is 13.4. The largest absolute Gasteiger partial charge is 0.456 e. The van der Waals surface area contributed by atoms with Gasteiger partial charge in [0.1, 0.15) is 11.2 Å². The van der Waals surface area contributed by atoms with Crippen LogP contribution in [0.15, 0.2) is 156 Å². The molecule has 0 unspecified atom stereocenters. The Bertz CT molecular complexity index is 2800. The predicted molar refractivity (Wildman–Crippen MR) is 174 cm³/mol. The number of rotatable bonds is 5. The van der Waals surface area contributed by atoms with Crippen molar-refractivity contribution < 1.29 is 19.5 Å². The minimum absolute atomic E-state index is 0.00660. The molecule has 0 spiro atoms. The van der Waals surface area contributed by atoms with Crippen molar-refractivity contribution in [3.63, 3.8) is 0 Å². The molecule has 43 heavy (non-hydrogen) atoms. The van der Waals surface area contributed by atoms with Crippen LogP contribution in [0.2, 0.25) is 0 Å². The lowest BCUT2D eigenvalue weighted by molar-refractivity contribution is 0.669. The second kappa shape index (κ2) is 10.5. The summed E-state index contributed by atoms with van der Waals surface area (Å²) >= 11 is 0. The summed E-state index contributed by atoms with van der Waals surface area (Å²) in [5.74, 6) is -0.593. The third kappa shape index (κ3) is 4.75. The van der Waals surface area contributed by atoms with Crippen molar-refractivity contribution in [2.24, 2.45) is 0 Å². The molecule has 0 saturated carbocycles. The molecule has 0 bridgehead atoms. The molecule has 0 saturated heterocycles. The molecule has 0 amide bonds. The van der Waals surface area contributed by atoms with E-state index in [4.69, 9.17) is 16.8 Å². The van der Waals surface area contributed by atoms with Gasteiger partial charge in [-0.05, 0) is 46.4 Å². The maximum atomic E-state index is 9.27. The van der Waals surface area contributed by atoms with Crippen LogP contribution in [-0.4, -0.2) is 15.0 Å². The first-order valence-electron chi connectivity index (χ1n) is 18.9. The lowest BCUT2D eigenvalue weighted by atomic mass is 9.99. The summed E-state index contributed by atoms with van der Waals surface area (Å²) in [6, 6.07) is 20.3. The molecular formula is C39H25N3O. The SMILES string of the molecule is [2H]c1c([2H])c([2H])c(-c2nc(-c3ccccc3)nc(-c3c([2H])c([2H])c4c(oc5c([2H])c([2H])c(-c6ccc(-c7ccccc7)cc6)c([2H])c54)c3[2H])n2)c([2H])c1[2H]. The zero-order valence-electron chi connectivity index (χ0n) is 33.3. The topological polar surface area (TPSA) is 51.8 Å². The minimum Gasteiger partial charge on any atom is -0.456 e. The van der Waals surface area contributed by atoms with E-state index in [-0.39, 0.29) is 74.2 Å². The number of hydrogen-bond acceptors (Lipinski definition) is 4. The summed E-state index contributed by atoms with van der Waals surface area (Å²) in [5.41, 5.74) is 1.97. The molecule has 2 heterocycles. The van der Waals surface area contributed by atoms with Crippen molar-refractivity contribution in [1.29, 1.82) is 0 Å². The summed E-state index contributed by atoms with van der Waals surface area (Å²) in [6.07, 6.45) is 0. The second-order valence-electron chi connectivity index (χ2n) is 9.63. The molecule has 2 aromatic heterocycles. The van der Waals surface area contributed by atoms with Gasteiger partial charge in [0.25, 0.3) is 0 Å². The van der Waals surface area contributed by atoms with E-state index in [2.05, 4.69) is 15.0 Å². The Morgan fingerprint density at radius 1 is 0.395 bits per heavy atom. The standard InChI is InChI=1S/C39H25N3O/c1-4-10-26(11-5-1)27-16-18-28(19-17-27)31-21-23-35-34(24-31)33-22-20-32(25-36(33)43-35)39-41-37(29-12-6-2-7-13-29)40-38(42-39)30-14-8-3-9-15-30/h1-25H/i2D,6D,7D,12D,13D,20D,21D,22D,23D,24D,25D. The van der Waals surface area contributed by atoms with Gasteiger partial charge in [0.15, 0.2) is 17.5 Å². The molecule has 6 aromatic carbocycles. The average Bonchev–Trinajstić information content (AvgIpc) is 3.61. The normalized spacial score (nSPS) is 14.8. The third-order valence-corrected chi connectivity index (χ3v) is 6.91. The maximum absolute atomic E-state index is 9.27. The zero-order chi connectivity index (χ0) is 38.2. The molecule has 8 aromatic rings. The molecule has 0 aliphatic carbocycles. The van der Waals surface area contributed by atoms with Gasteiger partial charge in [-0.25, -0.2) is 15.0 Å². The zero-order valence-corrected chi connectivity index (χ0v) is 22.3. The highest BCUT2D eigenvalue weighted by molar-refractivity contribution is 6.07. The van der Waals surface area contributed by atoms with E-state index in [0.717, 1.165) is 11.1 Å². The minimum atomic E-state index is -0.605. The lowest BCUT2D eigenvalue weighted by Crippen LogP contribution is -2.00. The Labute approximate surface area is 264 Å². The van der Waals surface area contributed by atoms with Crippen LogP contribution >= 0.6 is 0 Å². The van der Waals surface area contributed by atoms with Crippen LogP contribution in [0.1, 0.15) is 15.1 Å². The molecule has 0 aliphatic heterocycles. The van der Waals surface area contributed by atoms with Crippen molar-refractivity contribution in [3.05, 3.63) is 151 Å². The number of hydrogen-bond donors (Lipinski definition) is 0. The van der Waals surface area contributed by atoms with E-state index in [1.165, 1.54) is 0 Å². The molecule has 4 nitrogen and oxygen atoms in total. The summed E-state index contributed by atoms with van der Waals surface area (Å²) in [6.45, 7) is 0. The van der Waals surface area contributed by atoms with Gasteiger partial charge in [0.05, 0.1) is 15.1 Å². The van der Waals surface area contributed by atoms with E-state index in [1.54, 1.807) is 42.5 Å². The van der Waals surface area contributed by atoms with E-state index >= 15 is 0 Å². The van der Waals surface area contributed by atoms with Crippen LogP contribution in [0.5, 0.6) is 0 Å². The Morgan fingerprint density at radius 2 is 0.953 bits per heavy atom. The maximum Gasteiger partial charge on any atom is 0.164 e. The van der Waals surface area contributed by atoms with Crippen molar-refractivity contribution >= 4 is 21.9 Å². The fraction of sp³-hybridized carbons (Fsp3) is 0. The Balaban J connectivity index is 1.37. The van der Waals surface area contributed by atoms with Crippen molar-refractivity contribution in [1.82, 2.24) is 15.0 Å². The van der Waals surface area contributed by atoms with Gasteiger partial charge in [-0.3, -0.25) is 0 Å². The van der Waals surface area contributed by atoms with Crippen LogP contribution in [-0.2, 0) is 0 Å². The number of aromatic nitrogens is 3. The van der Waals surface area contributed by atoms with E-state index < -0.39 is 48.3 Å². The van der Waals surface area contributed by atoms with Crippen LogP contribution in [0.3, 0.4) is 0 Å². The molecule has 0 fully saturated rings. The van der Waals surface area contributed by atoms with Gasteiger partial charge in [-0.2, -0.15) is 0 Å². The quantitative estimate of drug-likeness (QED) is 0.209. The number of fused-ring (bicyclic) bond motifs is 3. The first-order valence-corrected chi connectivity index (χ1v) is 13.4. The average molecular weight is 563 g/mol. The van der Waals surface area contributed by atoms with Gasteiger partial charge >= 0.3 is 0 Å². The fourth-order valence-corrected chi connectivity index (χ4v) is 4.78. The highest BCUT2D eigenvalue weighted by atomic mass is 16.3. The number of nitrogens with zero attached hydrogens (tertiary/aromatic N) is 3. The molecule has 0 atom stereocenters. The fourth-order valence-electron chi connectivity index (χ4n) is 4.78. The monoisotopic (exact) mass is 562 g/mol. The predicted octanol–water partition coefficient (Wildman–Crippen LogP) is 10.1. The number of benzene rings is 6. The second-order valence-corrected chi connectivity index (χ2v) is 9.63. The first-order chi connectivity index (χ1) is 25.9. The molecule has 0 aliphatic rings. The van der Waals surface area contributed by atoms with Crippen LogP contribution < -0.4 is 0 Å². The molecule has 0 N–H and O–H groups in total. The highest BCUT2D eigenvalue weighted by Gasteiger charge is 2.15. The Morgan fingerprint density at radius 3 is 1.65 bits per heavy atom. The third-order valence-electron chi connectivity index (χ3n) is 6.91. The smallest absolute Gasteiger partial charge is 0.164 e. The summed E-state index contributed by atoms with van der Waals surface area (Å²) in [7, 11) is 0. The van der Waals surface area contributed by atoms with Gasteiger partial charge < -0.3 is 4.42 Å². The Hall–Kier alpha value is -5.87. The first kappa shape index (κ1) is 15.9. The molecule has 8 rings (SSSR count). The number of furan rings is 1. The summed E-state index contributed by atoms with van der Waals surface area (Å²) < 4.78 is 102. The van der Waals surface area contributed by atoms with Crippen molar-refractivity contribution in [2.45, 2.75) is 0 Å². The van der Waals surface area contributed by atoms with Gasteiger partial charge in [-0.15, -0.1) is 0 Å². The van der Waals surface area contributed by atoms with Crippen molar-refractivity contribution in [3.8, 4) is 56.4 Å². The van der Waals surface area contributed by atoms with Gasteiger partial charge in [0.2, 0.25) is 0 Å². The van der Waals surface area contributed by atoms with Gasteiger partial charge in [0, 0.05) is 27.5 Å². The Kier molecular flexibility index (Phi) is 3.90. The summed E-state index contributed by atoms with van der Waals surface area (Å²) in [5, 5.41) is -0.0558. The van der Waals surface area contributed by atoms with Gasteiger partial charge in [-0.1, -0.05) is 127 Å². The van der Waals surface area contributed by atoms with E-state index in [9.17, 15) is 2.74 Å². The van der Waals surface area contributed by atoms with Crippen LogP contribution in [0, 0.1) is 0 Å². The van der Waals surface area contributed by atoms with Crippen molar-refractivity contribution in [2.75, 3.05) is 0 Å².